The number of amides is 1. The maximum absolute atomic E-state index is 11.6. The molecular weight excluding hydrogens is 296 g/mol. The monoisotopic (exact) mass is 308 g/mol. The fourth-order valence-electron chi connectivity index (χ4n) is 1.08. The van der Waals surface area contributed by atoms with Crippen LogP contribution in [0.3, 0.4) is 0 Å². The van der Waals surface area contributed by atoms with Crippen LogP contribution in [-0.4, -0.2) is 34.2 Å². The van der Waals surface area contributed by atoms with Gasteiger partial charge in [-0.05, 0) is 18.4 Å². The van der Waals surface area contributed by atoms with Crippen molar-refractivity contribution in [3.63, 3.8) is 0 Å². The zero-order valence-corrected chi connectivity index (χ0v) is 11.8. The van der Waals surface area contributed by atoms with Crippen molar-refractivity contribution in [1.29, 1.82) is 0 Å². The topological polar surface area (TPSA) is 111 Å². The molecule has 0 aromatic carbocycles. The van der Waals surface area contributed by atoms with Crippen LogP contribution in [0.5, 0.6) is 0 Å². The quantitative estimate of drug-likeness (QED) is 0.783. The molecule has 0 unspecified atom stereocenters. The molecule has 0 aliphatic rings. The van der Waals surface area contributed by atoms with Crippen molar-refractivity contribution in [3.05, 3.63) is 16.3 Å². The first-order valence-electron chi connectivity index (χ1n) is 5.02. The number of rotatable bonds is 5. The van der Waals surface area contributed by atoms with Crippen LogP contribution < -0.4 is 9.44 Å². The van der Waals surface area contributed by atoms with E-state index in [9.17, 15) is 18.0 Å². The Hall–Kier alpha value is -1.81. The third-order valence-electron chi connectivity index (χ3n) is 1.77. The summed E-state index contributed by atoms with van der Waals surface area (Å²) in [6.45, 7) is 1.57. The minimum atomic E-state index is -4.17. The standard InChI is InChI=1S/C9H12N2O6S2/c1-3-17-9(13)11-19(14,15)10-6-4-5-18-7(6)8(12)16-2/h4-5,10H,3H2,1-2H3,(H,11,13). The normalized spacial score (nSPS) is 10.6. The van der Waals surface area contributed by atoms with Crippen molar-refractivity contribution in [1.82, 2.24) is 4.72 Å². The highest BCUT2D eigenvalue weighted by atomic mass is 32.2. The molecule has 1 aromatic heterocycles. The molecule has 0 aliphatic carbocycles. The van der Waals surface area contributed by atoms with Gasteiger partial charge in [-0.2, -0.15) is 8.42 Å². The molecule has 19 heavy (non-hydrogen) atoms. The minimum Gasteiger partial charge on any atom is -0.465 e. The van der Waals surface area contributed by atoms with E-state index in [4.69, 9.17) is 0 Å². The largest absolute Gasteiger partial charge is 0.465 e. The van der Waals surface area contributed by atoms with Gasteiger partial charge in [-0.25, -0.2) is 14.3 Å². The lowest BCUT2D eigenvalue weighted by Crippen LogP contribution is -2.35. The van der Waals surface area contributed by atoms with E-state index in [0.29, 0.717) is 0 Å². The molecule has 0 radical (unpaired) electrons. The van der Waals surface area contributed by atoms with Crippen LogP contribution in [-0.2, 0) is 19.7 Å². The third-order valence-corrected chi connectivity index (χ3v) is 3.59. The van der Waals surface area contributed by atoms with Gasteiger partial charge in [-0.1, -0.05) is 0 Å². The van der Waals surface area contributed by atoms with Crippen LogP contribution in [0.2, 0.25) is 0 Å². The van der Waals surface area contributed by atoms with Gasteiger partial charge < -0.3 is 9.47 Å². The van der Waals surface area contributed by atoms with Gasteiger partial charge >= 0.3 is 22.3 Å². The van der Waals surface area contributed by atoms with Crippen LogP contribution >= 0.6 is 11.3 Å². The molecule has 2 N–H and O–H groups in total. The van der Waals surface area contributed by atoms with Crippen molar-refractivity contribution in [2.75, 3.05) is 18.4 Å². The second-order valence-corrected chi connectivity index (χ2v) is 5.41. The zero-order valence-electron chi connectivity index (χ0n) is 10.1. The Labute approximate surface area is 113 Å². The van der Waals surface area contributed by atoms with Crippen molar-refractivity contribution in [2.24, 2.45) is 0 Å². The van der Waals surface area contributed by atoms with Crippen LogP contribution in [0.15, 0.2) is 11.4 Å². The molecule has 0 saturated carbocycles. The summed E-state index contributed by atoms with van der Waals surface area (Å²) in [6, 6.07) is 1.38. The Bertz CT molecular complexity index is 565. The smallest absolute Gasteiger partial charge is 0.422 e. The van der Waals surface area contributed by atoms with E-state index in [-0.39, 0.29) is 17.2 Å². The van der Waals surface area contributed by atoms with E-state index < -0.39 is 22.3 Å². The average Bonchev–Trinajstić information content (AvgIpc) is 2.74. The van der Waals surface area contributed by atoms with E-state index in [0.717, 1.165) is 11.3 Å². The average molecular weight is 308 g/mol. The first kappa shape index (κ1) is 15.2. The first-order valence-corrected chi connectivity index (χ1v) is 7.39. The maximum atomic E-state index is 11.6. The molecule has 1 heterocycles. The fraction of sp³-hybridized carbons (Fsp3) is 0.333. The number of hydrogen-bond donors (Lipinski definition) is 2. The van der Waals surface area contributed by atoms with Gasteiger partial charge in [0.05, 0.1) is 19.4 Å². The summed E-state index contributed by atoms with van der Waals surface area (Å²) in [7, 11) is -2.99. The highest BCUT2D eigenvalue weighted by molar-refractivity contribution is 7.91. The SMILES string of the molecule is CCOC(=O)NS(=O)(=O)Nc1ccsc1C(=O)OC. The lowest BCUT2D eigenvalue weighted by Gasteiger charge is -2.09. The Morgan fingerprint density at radius 3 is 2.68 bits per heavy atom. The number of carbonyl (C=O) groups excluding carboxylic acids is 2. The van der Waals surface area contributed by atoms with Crippen molar-refractivity contribution >= 4 is 39.3 Å². The number of thiophene rings is 1. The van der Waals surface area contributed by atoms with Crippen LogP contribution in [0.25, 0.3) is 0 Å². The van der Waals surface area contributed by atoms with Crippen LogP contribution in [0, 0.1) is 0 Å². The Balaban J connectivity index is 2.82. The highest BCUT2D eigenvalue weighted by Gasteiger charge is 2.20. The summed E-state index contributed by atoms with van der Waals surface area (Å²) in [6.07, 6.45) is -1.11. The van der Waals surface area contributed by atoms with E-state index in [2.05, 4.69) is 9.47 Å². The van der Waals surface area contributed by atoms with Crippen molar-refractivity contribution in [3.8, 4) is 0 Å². The zero-order chi connectivity index (χ0) is 14.5. The Morgan fingerprint density at radius 2 is 2.11 bits per heavy atom. The Kier molecular flexibility index (Phi) is 5.12. The lowest BCUT2D eigenvalue weighted by molar-refractivity contribution is 0.0607. The predicted octanol–water partition coefficient (Wildman–Crippen LogP) is 0.937. The summed E-state index contributed by atoms with van der Waals surface area (Å²) in [5.74, 6) is -0.677. The maximum Gasteiger partial charge on any atom is 0.422 e. The molecule has 1 rings (SSSR count). The molecule has 0 fully saturated rings. The molecule has 0 saturated heterocycles. The third kappa shape index (κ3) is 4.41. The van der Waals surface area contributed by atoms with Gasteiger partial charge in [0.15, 0.2) is 0 Å². The molecule has 0 spiro atoms. The lowest BCUT2D eigenvalue weighted by atomic mass is 10.4. The van der Waals surface area contributed by atoms with Gasteiger partial charge in [0.1, 0.15) is 4.88 Å². The first-order chi connectivity index (χ1) is 8.89. The number of esters is 1. The molecule has 1 aromatic rings. The Morgan fingerprint density at radius 1 is 1.42 bits per heavy atom. The number of carbonyl (C=O) groups is 2. The van der Waals surface area contributed by atoms with E-state index in [1.165, 1.54) is 25.5 Å². The number of methoxy groups -OCH3 is 1. The van der Waals surface area contributed by atoms with Gasteiger partial charge in [0.2, 0.25) is 0 Å². The number of hydrogen-bond acceptors (Lipinski definition) is 7. The second kappa shape index (κ2) is 6.38. The molecule has 8 nitrogen and oxygen atoms in total. The highest BCUT2D eigenvalue weighted by Crippen LogP contribution is 2.23. The van der Waals surface area contributed by atoms with E-state index >= 15 is 0 Å². The fourth-order valence-corrected chi connectivity index (χ4v) is 2.70. The summed E-state index contributed by atoms with van der Waals surface area (Å²) in [5, 5.41) is 1.51. The summed E-state index contributed by atoms with van der Waals surface area (Å²) >= 11 is 1.01. The molecule has 0 aliphatic heterocycles. The van der Waals surface area contributed by atoms with Crippen LogP contribution in [0.4, 0.5) is 10.5 Å². The second-order valence-electron chi connectivity index (χ2n) is 3.08. The molecule has 1 amide bonds. The van der Waals surface area contributed by atoms with Crippen molar-refractivity contribution < 1.29 is 27.5 Å². The summed E-state index contributed by atoms with van der Waals surface area (Å²) < 4.78 is 35.8. The molecule has 106 valence electrons. The van der Waals surface area contributed by atoms with Gasteiger partial charge in [-0.15, -0.1) is 11.3 Å². The number of nitrogens with one attached hydrogen (secondary N) is 2. The molecule has 10 heteroatoms. The molecular formula is C9H12N2O6S2. The molecule has 0 atom stereocenters. The minimum absolute atomic E-state index is 0.0219. The van der Waals surface area contributed by atoms with Gasteiger partial charge in [0.25, 0.3) is 0 Å². The van der Waals surface area contributed by atoms with Gasteiger partial charge in [-0.3, -0.25) is 4.72 Å². The molecule has 0 bridgehead atoms. The van der Waals surface area contributed by atoms with Crippen molar-refractivity contribution in [2.45, 2.75) is 6.92 Å². The van der Waals surface area contributed by atoms with E-state index in [1.54, 1.807) is 4.72 Å². The predicted molar refractivity (Wildman–Crippen MR) is 68.4 cm³/mol. The summed E-state index contributed by atoms with van der Waals surface area (Å²) in [5.41, 5.74) is 0.0219. The van der Waals surface area contributed by atoms with E-state index in [1.807, 2.05) is 4.72 Å². The summed E-state index contributed by atoms with van der Waals surface area (Å²) in [4.78, 5) is 22.4. The number of ether oxygens (including phenoxy) is 2. The number of anilines is 1. The van der Waals surface area contributed by atoms with Gasteiger partial charge in [0, 0.05) is 0 Å². The van der Waals surface area contributed by atoms with Crippen LogP contribution in [0.1, 0.15) is 16.6 Å².